The average Bonchev–Trinajstić information content (AvgIpc) is 2.62. The van der Waals surface area contributed by atoms with Crippen LogP contribution in [0.3, 0.4) is 0 Å². The summed E-state index contributed by atoms with van der Waals surface area (Å²) in [6.45, 7) is 3.35. The van der Waals surface area contributed by atoms with E-state index in [0.29, 0.717) is 19.1 Å². The van der Waals surface area contributed by atoms with Gasteiger partial charge in [0, 0.05) is 5.92 Å². The second kappa shape index (κ2) is 5.28. The first kappa shape index (κ1) is 11.4. The molecule has 2 rings (SSSR count). The van der Waals surface area contributed by atoms with E-state index in [-0.39, 0.29) is 12.0 Å². The maximum Gasteiger partial charge on any atom is 0.0776 e. The molecule has 1 aromatic carbocycles. The Morgan fingerprint density at radius 2 is 1.94 bits per heavy atom. The van der Waals surface area contributed by atoms with Gasteiger partial charge in [-0.3, -0.25) is 0 Å². The molecule has 1 unspecified atom stereocenters. The van der Waals surface area contributed by atoms with Gasteiger partial charge in [-0.25, -0.2) is 0 Å². The van der Waals surface area contributed by atoms with Crippen LogP contribution in [-0.2, 0) is 11.3 Å². The summed E-state index contributed by atoms with van der Waals surface area (Å²) in [6.07, 6.45) is 3.58. The van der Waals surface area contributed by atoms with Crippen LogP contribution in [0.25, 0.3) is 0 Å². The number of benzene rings is 1. The van der Waals surface area contributed by atoms with E-state index in [2.05, 4.69) is 13.0 Å². The molecule has 0 bridgehead atoms. The summed E-state index contributed by atoms with van der Waals surface area (Å²) in [5.41, 5.74) is 1.18. The SMILES string of the molecule is CC1C=C[C@H](O)[C@H]1COCc1ccccc1. The zero-order chi connectivity index (χ0) is 11.4. The van der Waals surface area contributed by atoms with Gasteiger partial charge in [0.05, 0.1) is 19.3 Å². The van der Waals surface area contributed by atoms with Gasteiger partial charge in [0.1, 0.15) is 0 Å². The molecule has 1 aliphatic carbocycles. The number of hydrogen-bond acceptors (Lipinski definition) is 2. The lowest BCUT2D eigenvalue weighted by atomic mass is 9.97. The highest BCUT2D eigenvalue weighted by Gasteiger charge is 2.27. The van der Waals surface area contributed by atoms with Gasteiger partial charge in [0.25, 0.3) is 0 Å². The largest absolute Gasteiger partial charge is 0.389 e. The van der Waals surface area contributed by atoms with Crippen LogP contribution >= 0.6 is 0 Å². The second-order valence-electron chi connectivity index (χ2n) is 4.40. The van der Waals surface area contributed by atoms with E-state index in [1.807, 2.05) is 36.4 Å². The number of aliphatic hydroxyl groups is 1. The fourth-order valence-corrected chi connectivity index (χ4v) is 2.02. The fraction of sp³-hybridized carbons (Fsp3) is 0.429. The Kier molecular flexibility index (Phi) is 3.75. The smallest absolute Gasteiger partial charge is 0.0776 e. The minimum atomic E-state index is -0.342. The van der Waals surface area contributed by atoms with E-state index < -0.39 is 0 Å². The number of allylic oxidation sites excluding steroid dienone is 1. The van der Waals surface area contributed by atoms with Crippen LogP contribution < -0.4 is 0 Å². The van der Waals surface area contributed by atoms with E-state index in [1.54, 1.807) is 0 Å². The maximum atomic E-state index is 9.69. The molecule has 0 saturated carbocycles. The van der Waals surface area contributed by atoms with Crippen molar-refractivity contribution in [2.24, 2.45) is 11.8 Å². The van der Waals surface area contributed by atoms with Crippen LogP contribution in [0, 0.1) is 11.8 Å². The van der Waals surface area contributed by atoms with E-state index in [1.165, 1.54) is 5.56 Å². The van der Waals surface area contributed by atoms with E-state index >= 15 is 0 Å². The highest BCUT2D eigenvalue weighted by molar-refractivity contribution is 5.13. The first-order chi connectivity index (χ1) is 7.77. The molecule has 0 spiro atoms. The zero-order valence-corrected chi connectivity index (χ0v) is 9.54. The molecule has 2 nitrogen and oxygen atoms in total. The van der Waals surface area contributed by atoms with Gasteiger partial charge in [0.2, 0.25) is 0 Å². The summed E-state index contributed by atoms with van der Waals surface area (Å²) in [5.74, 6) is 0.620. The lowest BCUT2D eigenvalue weighted by Gasteiger charge is -2.19. The molecule has 2 heteroatoms. The normalized spacial score (nSPS) is 28.5. The van der Waals surface area contributed by atoms with E-state index in [0.717, 1.165) is 0 Å². The summed E-state index contributed by atoms with van der Waals surface area (Å²) in [4.78, 5) is 0. The van der Waals surface area contributed by atoms with Crippen molar-refractivity contribution in [1.29, 1.82) is 0 Å². The van der Waals surface area contributed by atoms with Gasteiger partial charge in [-0.05, 0) is 11.5 Å². The summed E-state index contributed by atoms with van der Waals surface area (Å²) < 4.78 is 5.64. The molecule has 0 fully saturated rings. The van der Waals surface area contributed by atoms with E-state index in [9.17, 15) is 5.11 Å². The summed E-state index contributed by atoms with van der Waals surface area (Å²) in [5, 5.41) is 9.69. The van der Waals surface area contributed by atoms with Crippen molar-refractivity contribution in [3.63, 3.8) is 0 Å². The molecule has 0 saturated heterocycles. The third-order valence-corrected chi connectivity index (χ3v) is 3.15. The Balaban J connectivity index is 1.76. The monoisotopic (exact) mass is 218 g/mol. The van der Waals surface area contributed by atoms with Crippen LogP contribution in [0.1, 0.15) is 12.5 Å². The Bertz CT molecular complexity index is 333. The van der Waals surface area contributed by atoms with Crippen molar-refractivity contribution in [2.45, 2.75) is 19.6 Å². The molecule has 0 aromatic heterocycles. The Hall–Kier alpha value is -1.12. The molecule has 1 aliphatic rings. The molecular weight excluding hydrogens is 200 g/mol. The third-order valence-electron chi connectivity index (χ3n) is 3.15. The van der Waals surface area contributed by atoms with Crippen molar-refractivity contribution in [1.82, 2.24) is 0 Å². The lowest BCUT2D eigenvalue weighted by molar-refractivity contribution is 0.0327. The standard InChI is InChI=1S/C14H18O2/c1-11-7-8-14(15)13(11)10-16-9-12-5-3-2-4-6-12/h2-8,11,13-15H,9-10H2,1H3/t11?,13-,14-/m0/s1. The van der Waals surface area contributed by atoms with Crippen molar-refractivity contribution in [3.8, 4) is 0 Å². The van der Waals surface area contributed by atoms with Crippen LogP contribution in [0.5, 0.6) is 0 Å². The fourth-order valence-electron chi connectivity index (χ4n) is 2.02. The van der Waals surface area contributed by atoms with Crippen LogP contribution in [-0.4, -0.2) is 17.8 Å². The van der Waals surface area contributed by atoms with Gasteiger partial charge in [0.15, 0.2) is 0 Å². The number of rotatable bonds is 4. The van der Waals surface area contributed by atoms with Crippen molar-refractivity contribution < 1.29 is 9.84 Å². The molecule has 0 heterocycles. The number of aliphatic hydroxyl groups excluding tert-OH is 1. The lowest BCUT2D eigenvalue weighted by Crippen LogP contribution is -2.23. The van der Waals surface area contributed by atoms with Crippen LogP contribution in [0.4, 0.5) is 0 Å². The minimum Gasteiger partial charge on any atom is -0.389 e. The highest BCUT2D eigenvalue weighted by Crippen LogP contribution is 2.25. The van der Waals surface area contributed by atoms with Crippen LogP contribution in [0.15, 0.2) is 42.5 Å². The molecule has 16 heavy (non-hydrogen) atoms. The van der Waals surface area contributed by atoms with Crippen molar-refractivity contribution in [3.05, 3.63) is 48.0 Å². The Morgan fingerprint density at radius 1 is 1.19 bits per heavy atom. The zero-order valence-electron chi connectivity index (χ0n) is 9.54. The van der Waals surface area contributed by atoms with Gasteiger partial charge in [-0.1, -0.05) is 49.4 Å². The Morgan fingerprint density at radius 3 is 2.56 bits per heavy atom. The first-order valence-electron chi connectivity index (χ1n) is 5.75. The van der Waals surface area contributed by atoms with Crippen molar-refractivity contribution in [2.75, 3.05) is 6.61 Å². The molecule has 0 radical (unpaired) electrons. The van der Waals surface area contributed by atoms with Gasteiger partial charge < -0.3 is 9.84 Å². The average molecular weight is 218 g/mol. The Labute approximate surface area is 96.6 Å². The van der Waals surface area contributed by atoms with Gasteiger partial charge in [-0.2, -0.15) is 0 Å². The summed E-state index contributed by atoms with van der Waals surface area (Å²) >= 11 is 0. The molecule has 3 atom stereocenters. The summed E-state index contributed by atoms with van der Waals surface area (Å²) in [7, 11) is 0. The van der Waals surface area contributed by atoms with Crippen molar-refractivity contribution >= 4 is 0 Å². The molecule has 0 amide bonds. The molecule has 86 valence electrons. The van der Waals surface area contributed by atoms with Gasteiger partial charge in [-0.15, -0.1) is 0 Å². The predicted octanol–water partition coefficient (Wildman–Crippen LogP) is 2.39. The molecule has 1 aromatic rings. The third kappa shape index (κ3) is 2.71. The van der Waals surface area contributed by atoms with Crippen LogP contribution in [0.2, 0.25) is 0 Å². The van der Waals surface area contributed by atoms with E-state index in [4.69, 9.17) is 4.74 Å². The molecule has 0 aliphatic heterocycles. The predicted molar refractivity (Wildman–Crippen MR) is 63.9 cm³/mol. The minimum absolute atomic E-state index is 0.212. The molecule has 1 N–H and O–H groups in total. The quantitative estimate of drug-likeness (QED) is 0.786. The highest BCUT2D eigenvalue weighted by atomic mass is 16.5. The number of ether oxygens (including phenoxy) is 1. The number of hydrogen-bond donors (Lipinski definition) is 1. The topological polar surface area (TPSA) is 29.5 Å². The molecular formula is C14H18O2. The first-order valence-corrected chi connectivity index (χ1v) is 5.75. The second-order valence-corrected chi connectivity index (χ2v) is 4.40. The summed E-state index contributed by atoms with van der Waals surface area (Å²) in [6, 6.07) is 10.1. The maximum absolute atomic E-state index is 9.69. The van der Waals surface area contributed by atoms with Gasteiger partial charge >= 0.3 is 0 Å².